The molecule has 8 nitrogen and oxygen atoms in total. The van der Waals surface area contributed by atoms with Gasteiger partial charge >= 0.3 is 11.9 Å². The molecule has 0 fully saturated rings. The molecule has 0 bridgehead atoms. The molecule has 0 spiro atoms. The number of aliphatic carboxylic acids is 1. The van der Waals surface area contributed by atoms with E-state index in [0.717, 1.165) is 11.1 Å². The number of benzene rings is 2. The number of carboxylic acids is 1. The number of nitrogens with one attached hydrogen (secondary N) is 1. The molecule has 5 N–H and O–H groups in total. The number of phenolic OH excluding ortho intramolecular Hbond substituents is 1. The molecular weight excluding hydrogens is 388 g/mol. The van der Waals surface area contributed by atoms with E-state index in [2.05, 4.69) is 16.6 Å². The lowest BCUT2D eigenvalue weighted by Crippen LogP contribution is -2.50. The molecule has 2 aromatic carbocycles. The minimum Gasteiger partial charge on any atom is -0.508 e. The fourth-order valence-corrected chi connectivity index (χ4v) is 2.36. The van der Waals surface area contributed by atoms with Crippen molar-refractivity contribution in [3.8, 4) is 5.75 Å². The van der Waals surface area contributed by atoms with Crippen molar-refractivity contribution in [2.45, 2.75) is 24.9 Å². The molecular formula is C22H26N2O6. The largest absolute Gasteiger partial charge is 0.508 e. The maximum Gasteiger partial charge on any atom is 0.328 e. The summed E-state index contributed by atoms with van der Waals surface area (Å²) in [6.07, 6.45) is 1.46. The highest BCUT2D eigenvalue weighted by Crippen LogP contribution is 2.09. The van der Waals surface area contributed by atoms with Gasteiger partial charge in [0.1, 0.15) is 11.8 Å². The molecule has 160 valence electrons. The Kier molecular flexibility index (Phi) is 10.4. The van der Waals surface area contributed by atoms with E-state index in [1.54, 1.807) is 30.3 Å². The van der Waals surface area contributed by atoms with Crippen molar-refractivity contribution >= 4 is 23.9 Å². The molecule has 1 amide bonds. The van der Waals surface area contributed by atoms with Crippen LogP contribution in [0.15, 0.2) is 61.2 Å². The van der Waals surface area contributed by atoms with Crippen molar-refractivity contribution < 1.29 is 29.3 Å². The Morgan fingerprint density at radius 3 is 2.23 bits per heavy atom. The van der Waals surface area contributed by atoms with Crippen molar-refractivity contribution in [3.63, 3.8) is 0 Å². The number of hydrogen-bond donors (Lipinski definition) is 4. The first-order chi connectivity index (χ1) is 14.3. The smallest absolute Gasteiger partial charge is 0.328 e. The summed E-state index contributed by atoms with van der Waals surface area (Å²) in [5.41, 5.74) is 7.31. The lowest BCUT2D eigenvalue weighted by molar-refractivity contribution is -0.145. The SMILES string of the molecule is C=Cc1ccc(O)cc1.COC(=O)[C@@H](Cc1ccccc1)NC(=O)[C@H](N)CC(=O)O. The number of phenols is 1. The molecule has 8 heteroatoms. The Bertz CT molecular complexity index is 836. The summed E-state index contributed by atoms with van der Waals surface area (Å²) in [6.45, 7) is 3.58. The van der Waals surface area contributed by atoms with Gasteiger partial charge in [0, 0.05) is 6.42 Å². The van der Waals surface area contributed by atoms with Gasteiger partial charge < -0.3 is 26.0 Å². The second kappa shape index (κ2) is 12.7. The number of methoxy groups -OCH3 is 1. The van der Waals surface area contributed by atoms with Crippen LogP contribution in [0.2, 0.25) is 0 Å². The van der Waals surface area contributed by atoms with E-state index in [1.165, 1.54) is 7.11 Å². The Morgan fingerprint density at radius 1 is 1.13 bits per heavy atom. The van der Waals surface area contributed by atoms with Gasteiger partial charge in [0.2, 0.25) is 5.91 Å². The van der Waals surface area contributed by atoms with Crippen LogP contribution < -0.4 is 11.1 Å². The maximum atomic E-state index is 11.8. The predicted molar refractivity (Wildman–Crippen MR) is 113 cm³/mol. The number of carbonyl (C=O) groups is 3. The standard InChI is InChI=1S/C14H18N2O5.C8H8O/c1-21-14(20)11(7-9-5-3-2-4-6-9)16-13(19)10(15)8-12(17)18;1-2-7-3-5-8(9)6-4-7/h2-6,10-11H,7-8,15H2,1H3,(H,16,19)(H,17,18);2-6,9H,1H2/t10-,11-;/m1./s1. The first kappa shape index (κ1) is 24.4. The molecule has 2 aromatic rings. The summed E-state index contributed by atoms with van der Waals surface area (Å²) in [6, 6.07) is 13.8. The molecule has 0 aliphatic carbocycles. The van der Waals surface area contributed by atoms with Crippen molar-refractivity contribution in [1.29, 1.82) is 0 Å². The average molecular weight is 414 g/mol. The molecule has 0 aliphatic rings. The van der Waals surface area contributed by atoms with Crippen molar-refractivity contribution in [1.82, 2.24) is 5.32 Å². The second-order valence-corrected chi connectivity index (χ2v) is 6.27. The first-order valence-corrected chi connectivity index (χ1v) is 9.07. The number of hydrogen-bond acceptors (Lipinski definition) is 6. The van der Waals surface area contributed by atoms with Gasteiger partial charge in [0.25, 0.3) is 0 Å². The van der Waals surface area contributed by atoms with E-state index in [4.69, 9.17) is 15.9 Å². The summed E-state index contributed by atoms with van der Waals surface area (Å²) in [5.74, 6) is -2.21. The zero-order valence-corrected chi connectivity index (χ0v) is 16.7. The molecule has 30 heavy (non-hydrogen) atoms. The van der Waals surface area contributed by atoms with Crippen LogP contribution in [-0.2, 0) is 25.5 Å². The van der Waals surface area contributed by atoms with Crippen LogP contribution in [0, 0.1) is 0 Å². The number of carbonyl (C=O) groups excluding carboxylic acids is 2. The van der Waals surface area contributed by atoms with Crippen LogP contribution in [0.25, 0.3) is 6.08 Å². The molecule has 0 unspecified atom stereocenters. The Labute approximate surface area is 175 Å². The van der Waals surface area contributed by atoms with Gasteiger partial charge in [-0.2, -0.15) is 0 Å². The van der Waals surface area contributed by atoms with Crippen molar-refractivity contribution in [2.24, 2.45) is 5.73 Å². The maximum absolute atomic E-state index is 11.8. The van der Waals surface area contributed by atoms with Gasteiger partial charge in [0.15, 0.2) is 0 Å². The molecule has 0 radical (unpaired) electrons. The normalized spacial score (nSPS) is 11.8. The molecule has 0 aliphatic heterocycles. The zero-order chi connectivity index (χ0) is 22.5. The number of rotatable bonds is 8. The zero-order valence-electron chi connectivity index (χ0n) is 16.7. The number of nitrogens with two attached hydrogens (primary N) is 1. The van der Waals surface area contributed by atoms with Crippen LogP contribution >= 0.6 is 0 Å². The monoisotopic (exact) mass is 414 g/mol. The molecule has 0 saturated heterocycles. The third-order valence-corrected chi connectivity index (χ3v) is 3.94. The molecule has 2 rings (SSSR count). The van der Waals surface area contributed by atoms with Crippen LogP contribution in [0.5, 0.6) is 5.75 Å². The number of esters is 1. The summed E-state index contributed by atoms with van der Waals surface area (Å²) in [4.78, 5) is 34.0. The van der Waals surface area contributed by atoms with E-state index in [0.29, 0.717) is 5.75 Å². The predicted octanol–water partition coefficient (Wildman–Crippen LogP) is 1.72. The second-order valence-electron chi connectivity index (χ2n) is 6.27. The highest BCUT2D eigenvalue weighted by atomic mass is 16.5. The fraction of sp³-hybridized carbons (Fsp3) is 0.227. The quantitative estimate of drug-likeness (QED) is 0.482. The average Bonchev–Trinajstić information content (AvgIpc) is 2.74. The van der Waals surface area contributed by atoms with Crippen LogP contribution in [0.3, 0.4) is 0 Å². The summed E-state index contributed by atoms with van der Waals surface area (Å²) < 4.78 is 4.64. The Balaban J connectivity index is 0.000000414. The van der Waals surface area contributed by atoms with Gasteiger partial charge in [-0.25, -0.2) is 4.79 Å². The van der Waals surface area contributed by atoms with E-state index < -0.39 is 36.4 Å². The van der Waals surface area contributed by atoms with Gasteiger partial charge in [-0.15, -0.1) is 0 Å². The van der Waals surface area contributed by atoms with Gasteiger partial charge in [0.05, 0.1) is 19.6 Å². The number of carboxylic acid groups (broad SMARTS) is 1. The summed E-state index contributed by atoms with van der Waals surface area (Å²) in [5, 5.41) is 19.8. The Hall–Kier alpha value is -3.65. The van der Waals surface area contributed by atoms with Crippen molar-refractivity contribution in [3.05, 3.63) is 72.3 Å². The number of ether oxygens (including phenoxy) is 1. The third kappa shape index (κ3) is 9.03. The lowest BCUT2D eigenvalue weighted by atomic mass is 10.1. The molecule has 0 aromatic heterocycles. The third-order valence-electron chi connectivity index (χ3n) is 3.94. The van der Waals surface area contributed by atoms with Crippen LogP contribution in [0.1, 0.15) is 17.5 Å². The van der Waals surface area contributed by atoms with Gasteiger partial charge in [-0.1, -0.05) is 55.1 Å². The van der Waals surface area contributed by atoms with Crippen LogP contribution in [0.4, 0.5) is 0 Å². The van der Waals surface area contributed by atoms with E-state index >= 15 is 0 Å². The first-order valence-electron chi connectivity index (χ1n) is 9.07. The topological polar surface area (TPSA) is 139 Å². The van der Waals surface area contributed by atoms with Crippen molar-refractivity contribution in [2.75, 3.05) is 7.11 Å². The fourth-order valence-electron chi connectivity index (χ4n) is 2.36. The van der Waals surface area contributed by atoms with E-state index in [9.17, 15) is 14.4 Å². The molecule has 2 atom stereocenters. The highest BCUT2D eigenvalue weighted by Gasteiger charge is 2.25. The van der Waals surface area contributed by atoms with Crippen LogP contribution in [-0.4, -0.2) is 47.3 Å². The highest BCUT2D eigenvalue weighted by molar-refractivity contribution is 5.89. The summed E-state index contributed by atoms with van der Waals surface area (Å²) >= 11 is 0. The van der Waals surface area contributed by atoms with Gasteiger partial charge in [-0.3, -0.25) is 9.59 Å². The van der Waals surface area contributed by atoms with E-state index in [-0.39, 0.29) is 6.42 Å². The lowest BCUT2D eigenvalue weighted by Gasteiger charge is -2.18. The number of amides is 1. The summed E-state index contributed by atoms with van der Waals surface area (Å²) in [7, 11) is 1.21. The Morgan fingerprint density at radius 2 is 1.73 bits per heavy atom. The minimum absolute atomic E-state index is 0.235. The minimum atomic E-state index is -1.22. The van der Waals surface area contributed by atoms with E-state index in [1.807, 2.05) is 30.3 Å². The molecule has 0 heterocycles. The number of aromatic hydroxyl groups is 1. The molecule has 0 saturated carbocycles. The van der Waals surface area contributed by atoms with Gasteiger partial charge in [-0.05, 0) is 23.3 Å².